The number of anilines is 1. The molecule has 1 N–H and O–H groups in total. The number of unbranched alkanes of at least 4 members (excludes halogenated alkanes) is 1. The molecule has 0 bridgehead atoms. The minimum Gasteiger partial charge on any atom is -0.354 e. The molecule has 0 fully saturated rings. The summed E-state index contributed by atoms with van der Waals surface area (Å²) in [5, 5.41) is 3.45. The number of nitrogens with zero attached hydrogens (tertiary/aromatic N) is 2. The second kappa shape index (κ2) is 15.9. The van der Waals surface area contributed by atoms with Gasteiger partial charge in [-0.25, -0.2) is 8.42 Å². The van der Waals surface area contributed by atoms with Gasteiger partial charge in [0.05, 0.1) is 10.6 Å². The smallest absolute Gasteiger partial charge is 0.264 e. The van der Waals surface area contributed by atoms with Crippen LogP contribution in [0.3, 0.4) is 0 Å². The topological polar surface area (TPSA) is 86.8 Å². The quantitative estimate of drug-likeness (QED) is 0.148. The van der Waals surface area contributed by atoms with Gasteiger partial charge in [0.1, 0.15) is 12.6 Å². The van der Waals surface area contributed by atoms with Crippen LogP contribution in [0.1, 0.15) is 47.6 Å². The second-order valence-corrected chi connectivity index (χ2v) is 13.8. The molecule has 9 heteroatoms. The fourth-order valence-electron chi connectivity index (χ4n) is 5.31. The van der Waals surface area contributed by atoms with Gasteiger partial charge in [0, 0.05) is 24.5 Å². The van der Waals surface area contributed by atoms with Gasteiger partial charge in [-0.15, -0.1) is 0 Å². The van der Waals surface area contributed by atoms with Gasteiger partial charge in [0.2, 0.25) is 11.8 Å². The van der Waals surface area contributed by atoms with E-state index < -0.39 is 28.5 Å². The fraction of sp³-hybridized carbons (Fsp3) is 0.297. The number of carbonyl (C=O) groups excluding carboxylic acids is 2. The molecule has 0 heterocycles. The largest absolute Gasteiger partial charge is 0.354 e. The Kier molecular flexibility index (Phi) is 12.0. The number of rotatable bonds is 14. The van der Waals surface area contributed by atoms with E-state index in [1.165, 1.54) is 4.90 Å². The van der Waals surface area contributed by atoms with E-state index in [1.54, 1.807) is 42.5 Å². The Morgan fingerprint density at radius 2 is 1.50 bits per heavy atom. The highest BCUT2D eigenvalue weighted by atomic mass is 35.5. The molecule has 0 spiro atoms. The van der Waals surface area contributed by atoms with Crippen LogP contribution in [0.5, 0.6) is 0 Å². The van der Waals surface area contributed by atoms with E-state index in [0.717, 1.165) is 33.8 Å². The predicted octanol–water partition coefficient (Wildman–Crippen LogP) is 7.02. The van der Waals surface area contributed by atoms with Gasteiger partial charge in [-0.1, -0.05) is 109 Å². The molecule has 2 amide bonds. The van der Waals surface area contributed by atoms with Crippen molar-refractivity contribution in [3.05, 3.63) is 130 Å². The van der Waals surface area contributed by atoms with Crippen LogP contribution in [-0.4, -0.2) is 44.3 Å². The lowest BCUT2D eigenvalue weighted by molar-refractivity contribution is -0.140. The summed E-state index contributed by atoms with van der Waals surface area (Å²) in [6, 6.07) is 27.7. The van der Waals surface area contributed by atoms with Crippen molar-refractivity contribution in [2.45, 2.75) is 64.4 Å². The monoisotopic (exact) mass is 659 g/mol. The predicted molar refractivity (Wildman–Crippen MR) is 185 cm³/mol. The van der Waals surface area contributed by atoms with Gasteiger partial charge in [-0.2, -0.15) is 0 Å². The number of halogens is 1. The first-order chi connectivity index (χ1) is 22.0. The first-order valence-corrected chi connectivity index (χ1v) is 17.3. The van der Waals surface area contributed by atoms with E-state index in [4.69, 9.17) is 11.6 Å². The highest BCUT2D eigenvalue weighted by Crippen LogP contribution is 2.29. The number of hydrogen-bond donors (Lipinski definition) is 1. The van der Waals surface area contributed by atoms with Gasteiger partial charge < -0.3 is 10.2 Å². The Hall–Kier alpha value is -4.14. The lowest BCUT2D eigenvalue weighted by atomic mass is 10.0. The zero-order chi connectivity index (χ0) is 33.3. The molecule has 4 aromatic carbocycles. The molecule has 0 aliphatic carbocycles. The van der Waals surface area contributed by atoms with Crippen LogP contribution in [0.25, 0.3) is 0 Å². The Labute approximate surface area is 278 Å². The van der Waals surface area contributed by atoms with Crippen LogP contribution in [0.2, 0.25) is 5.02 Å². The van der Waals surface area contributed by atoms with Gasteiger partial charge in [0.15, 0.2) is 0 Å². The molecule has 0 unspecified atom stereocenters. The van der Waals surface area contributed by atoms with Crippen molar-refractivity contribution in [2.75, 3.05) is 17.4 Å². The van der Waals surface area contributed by atoms with Gasteiger partial charge in [-0.3, -0.25) is 13.9 Å². The number of hydrogen-bond acceptors (Lipinski definition) is 4. The maximum atomic E-state index is 14.6. The number of amides is 2. The highest BCUT2D eigenvalue weighted by molar-refractivity contribution is 7.92. The Bertz CT molecular complexity index is 1740. The van der Waals surface area contributed by atoms with E-state index in [9.17, 15) is 18.0 Å². The third-order valence-electron chi connectivity index (χ3n) is 7.91. The lowest BCUT2D eigenvalue weighted by Crippen LogP contribution is -2.53. The summed E-state index contributed by atoms with van der Waals surface area (Å²) in [6.45, 7) is 7.64. The van der Waals surface area contributed by atoms with E-state index in [1.807, 2.05) is 82.3 Å². The SMILES string of the molecule is CCCCNC(=O)[C@@H](Cc1ccccc1)N(Cc1ccccc1Cl)C(=O)CN(c1ccc(C)cc1C)S(=O)(=O)c1ccc(C)cc1. The molecule has 1 atom stereocenters. The first-order valence-electron chi connectivity index (χ1n) is 15.5. The molecule has 0 radical (unpaired) electrons. The molecular formula is C37H42ClN3O4S. The maximum absolute atomic E-state index is 14.6. The van der Waals surface area contributed by atoms with Crippen LogP contribution in [0, 0.1) is 20.8 Å². The number of benzene rings is 4. The van der Waals surface area contributed by atoms with E-state index >= 15 is 0 Å². The van der Waals surface area contributed by atoms with E-state index in [-0.39, 0.29) is 23.8 Å². The first kappa shape index (κ1) is 34.7. The van der Waals surface area contributed by atoms with Crippen molar-refractivity contribution in [1.82, 2.24) is 10.2 Å². The molecule has 242 valence electrons. The van der Waals surface area contributed by atoms with Crippen LogP contribution in [-0.2, 0) is 32.6 Å². The second-order valence-electron chi connectivity index (χ2n) is 11.6. The third kappa shape index (κ3) is 8.77. The van der Waals surface area contributed by atoms with Crippen molar-refractivity contribution in [3.8, 4) is 0 Å². The molecule has 7 nitrogen and oxygen atoms in total. The number of carbonyl (C=O) groups is 2. The lowest BCUT2D eigenvalue weighted by Gasteiger charge is -2.34. The molecule has 0 aromatic heterocycles. The van der Waals surface area contributed by atoms with Crippen LogP contribution in [0.4, 0.5) is 5.69 Å². The van der Waals surface area contributed by atoms with Crippen molar-refractivity contribution >= 4 is 39.1 Å². The molecular weight excluding hydrogens is 618 g/mol. The van der Waals surface area contributed by atoms with Gasteiger partial charge >= 0.3 is 0 Å². The normalized spacial score (nSPS) is 11.9. The maximum Gasteiger partial charge on any atom is 0.264 e. The molecule has 46 heavy (non-hydrogen) atoms. The average Bonchev–Trinajstić information content (AvgIpc) is 3.03. The Morgan fingerprint density at radius 3 is 2.15 bits per heavy atom. The summed E-state index contributed by atoms with van der Waals surface area (Å²) in [6.07, 6.45) is 1.93. The summed E-state index contributed by atoms with van der Waals surface area (Å²) < 4.78 is 29.7. The zero-order valence-electron chi connectivity index (χ0n) is 26.9. The minimum absolute atomic E-state index is 0.0164. The number of aryl methyl sites for hydroxylation is 3. The van der Waals surface area contributed by atoms with E-state index in [0.29, 0.717) is 28.4 Å². The number of sulfonamides is 1. The van der Waals surface area contributed by atoms with Crippen LogP contribution < -0.4 is 9.62 Å². The zero-order valence-corrected chi connectivity index (χ0v) is 28.4. The molecule has 0 aliphatic heterocycles. The van der Waals surface area contributed by atoms with Crippen molar-refractivity contribution in [1.29, 1.82) is 0 Å². The van der Waals surface area contributed by atoms with Crippen molar-refractivity contribution in [3.63, 3.8) is 0 Å². The summed E-state index contributed by atoms with van der Waals surface area (Å²) >= 11 is 6.58. The van der Waals surface area contributed by atoms with E-state index in [2.05, 4.69) is 5.32 Å². The molecule has 4 rings (SSSR count). The van der Waals surface area contributed by atoms with Crippen LogP contribution >= 0.6 is 11.6 Å². The van der Waals surface area contributed by atoms with Crippen molar-refractivity contribution in [2.24, 2.45) is 0 Å². The van der Waals surface area contributed by atoms with Gasteiger partial charge in [-0.05, 0) is 68.1 Å². The highest BCUT2D eigenvalue weighted by Gasteiger charge is 2.35. The minimum atomic E-state index is -4.18. The molecule has 4 aromatic rings. The number of nitrogens with one attached hydrogen (secondary N) is 1. The molecule has 0 saturated heterocycles. The standard InChI is InChI=1S/C37H42ClN3O4S/c1-5-6-22-39-37(43)35(24-30-12-8-7-9-13-30)40(25-31-14-10-11-15-33(31)38)36(42)26-41(34-21-18-28(3)23-29(34)4)46(44,45)32-19-16-27(2)17-20-32/h7-21,23,35H,5-6,22,24-26H2,1-4H3,(H,39,43)/t35-/m1/s1. The summed E-state index contributed by atoms with van der Waals surface area (Å²) in [5.41, 5.74) is 4.50. The molecule has 0 aliphatic rings. The third-order valence-corrected chi connectivity index (χ3v) is 10.1. The van der Waals surface area contributed by atoms with Crippen LogP contribution in [0.15, 0.2) is 102 Å². The summed E-state index contributed by atoms with van der Waals surface area (Å²) in [5.74, 6) is -0.834. The van der Waals surface area contributed by atoms with Crippen molar-refractivity contribution < 1.29 is 18.0 Å². The van der Waals surface area contributed by atoms with Gasteiger partial charge in [0.25, 0.3) is 10.0 Å². The average molecular weight is 660 g/mol. The Balaban J connectivity index is 1.82. The Morgan fingerprint density at radius 1 is 0.848 bits per heavy atom. The fourth-order valence-corrected chi connectivity index (χ4v) is 6.98. The summed E-state index contributed by atoms with van der Waals surface area (Å²) in [4.78, 5) is 30.0. The summed E-state index contributed by atoms with van der Waals surface area (Å²) in [7, 11) is -4.18. The molecule has 0 saturated carbocycles.